The van der Waals surface area contributed by atoms with Crippen LogP contribution in [0.3, 0.4) is 0 Å². The number of benzene rings is 1. The minimum atomic E-state index is -0.153. The van der Waals surface area contributed by atoms with Gasteiger partial charge >= 0.3 is 0 Å². The molecule has 1 aromatic rings. The molecule has 1 unspecified atom stereocenters. The minimum absolute atomic E-state index is 0.124. The zero-order valence-electron chi connectivity index (χ0n) is 12.8. The van der Waals surface area contributed by atoms with E-state index >= 15 is 0 Å². The summed E-state index contributed by atoms with van der Waals surface area (Å²) in [5.41, 5.74) is 7.36. The number of halogens is 1. The Kier molecular flexibility index (Phi) is 5.00. The highest BCUT2D eigenvalue weighted by Crippen LogP contribution is 2.27. The maximum absolute atomic E-state index is 14.2. The van der Waals surface area contributed by atoms with Crippen molar-refractivity contribution in [1.82, 2.24) is 4.90 Å². The van der Waals surface area contributed by atoms with Gasteiger partial charge in [0.2, 0.25) is 0 Å². The quantitative estimate of drug-likeness (QED) is 0.899. The summed E-state index contributed by atoms with van der Waals surface area (Å²) < 4.78 is 14.2. The monoisotopic (exact) mass is 279 g/mol. The maximum Gasteiger partial charge on any atom is 0.146 e. The largest absolute Gasteiger partial charge is 0.368 e. The second kappa shape index (κ2) is 6.55. The number of hydrogen-bond acceptors (Lipinski definition) is 3. The Morgan fingerprint density at radius 1 is 1.40 bits per heavy atom. The van der Waals surface area contributed by atoms with Gasteiger partial charge in [0.15, 0.2) is 0 Å². The first-order valence-electron chi connectivity index (χ1n) is 7.60. The molecule has 0 radical (unpaired) electrons. The molecule has 0 amide bonds. The third-order valence-electron chi connectivity index (χ3n) is 4.33. The molecule has 3 nitrogen and oxygen atoms in total. The molecule has 1 heterocycles. The average molecular weight is 279 g/mol. The van der Waals surface area contributed by atoms with Crippen LogP contribution in [0.15, 0.2) is 18.2 Å². The standard InChI is InChI=1S/C16H26FN3/c1-4-19(5-2)14-8-9-20(11-14)16-7-6-13(12(3)18)10-15(16)17/h6-7,10,12,14H,4-5,8-9,11,18H2,1-3H3/t12-,14?/m0/s1. The summed E-state index contributed by atoms with van der Waals surface area (Å²) in [5, 5.41) is 0. The van der Waals surface area contributed by atoms with Crippen LogP contribution in [0.25, 0.3) is 0 Å². The number of anilines is 1. The Hall–Kier alpha value is -1.13. The van der Waals surface area contributed by atoms with Crippen LogP contribution in [0.2, 0.25) is 0 Å². The molecule has 0 aliphatic carbocycles. The molecule has 1 aliphatic heterocycles. The SMILES string of the molecule is CCN(CC)C1CCN(c2ccc([C@H](C)N)cc2F)C1. The zero-order valence-corrected chi connectivity index (χ0v) is 12.8. The van der Waals surface area contributed by atoms with Crippen molar-refractivity contribution < 1.29 is 4.39 Å². The van der Waals surface area contributed by atoms with Crippen molar-refractivity contribution in [2.45, 2.75) is 39.3 Å². The van der Waals surface area contributed by atoms with Gasteiger partial charge < -0.3 is 10.6 Å². The molecule has 2 rings (SSSR count). The van der Waals surface area contributed by atoms with Gasteiger partial charge in [-0.15, -0.1) is 0 Å². The number of nitrogens with zero attached hydrogens (tertiary/aromatic N) is 2. The summed E-state index contributed by atoms with van der Waals surface area (Å²) in [5.74, 6) is -0.153. The predicted octanol–water partition coefficient (Wildman–Crippen LogP) is 2.77. The molecule has 2 N–H and O–H groups in total. The van der Waals surface area contributed by atoms with Crippen LogP contribution in [0.4, 0.5) is 10.1 Å². The van der Waals surface area contributed by atoms with Crippen molar-refractivity contribution >= 4 is 5.69 Å². The van der Waals surface area contributed by atoms with Crippen LogP contribution in [0, 0.1) is 5.82 Å². The maximum atomic E-state index is 14.2. The number of hydrogen-bond donors (Lipinski definition) is 1. The van der Waals surface area contributed by atoms with E-state index in [1.807, 2.05) is 19.1 Å². The van der Waals surface area contributed by atoms with Crippen LogP contribution in [-0.2, 0) is 0 Å². The van der Waals surface area contributed by atoms with Gasteiger partial charge in [-0.25, -0.2) is 4.39 Å². The van der Waals surface area contributed by atoms with Crippen molar-refractivity contribution in [1.29, 1.82) is 0 Å². The molecule has 0 spiro atoms. The van der Waals surface area contributed by atoms with E-state index in [4.69, 9.17) is 5.73 Å². The Bertz CT molecular complexity index is 443. The van der Waals surface area contributed by atoms with Crippen molar-refractivity contribution in [3.8, 4) is 0 Å². The normalized spacial score (nSPS) is 20.7. The summed E-state index contributed by atoms with van der Waals surface area (Å²) in [4.78, 5) is 4.61. The fourth-order valence-corrected chi connectivity index (χ4v) is 3.06. The van der Waals surface area contributed by atoms with E-state index in [1.165, 1.54) is 0 Å². The summed E-state index contributed by atoms with van der Waals surface area (Å²) in [7, 11) is 0. The Labute approximate surface area is 121 Å². The lowest BCUT2D eigenvalue weighted by atomic mass is 10.1. The van der Waals surface area contributed by atoms with Crippen molar-refractivity contribution in [2.75, 3.05) is 31.1 Å². The zero-order chi connectivity index (χ0) is 14.7. The second-order valence-electron chi connectivity index (χ2n) is 5.61. The van der Waals surface area contributed by atoms with E-state index in [9.17, 15) is 4.39 Å². The number of likely N-dealkylation sites (N-methyl/N-ethyl adjacent to an activating group) is 1. The van der Waals surface area contributed by atoms with Gasteiger partial charge in [0.1, 0.15) is 5.82 Å². The van der Waals surface area contributed by atoms with Crippen LogP contribution in [0.5, 0.6) is 0 Å². The molecule has 112 valence electrons. The molecule has 1 fully saturated rings. The molecule has 0 aromatic heterocycles. The highest BCUT2D eigenvalue weighted by atomic mass is 19.1. The molecule has 0 bridgehead atoms. The smallest absolute Gasteiger partial charge is 0.146 e. The highest BCUT2D eigenvalue weighted by Gasteiger charge is 2.27. The van der Waals surface area contributed by atoms with Crippen molar-refractivity contribution in [3.63, 3.8) is 0 Å². The molecule has 20 heavy (non-hydrogen) atoms. The van der Waals surface area contributed by atoms with Gasteiger partial charge in [-0.1, -0.05) is 19.9 Å². The lowest BCUT2D eigenvalue weighted by Gasteiger charge is -2.27. The van der Waals surface area contributed by atoms with Gasteiger partial charge in [-0.2, -0.15) is 0 Å². The van der Waals surface area contributed by atoms with Crippen molar-refractivity contribution in [3.05, 3.63) is 29.6 Å². The van der Waals surface area contributed by atoms with Gasteiger partial charge in [0.05, 0.1) is 5.69 Å². The van der Waals surface area contributed by atoms with Gasteiger partial charge in [-0.05, 0) is 44.1 Å². The fraction of sp³-hybridized carbons (Fsp3) is 0.625. The van der Waals surface area contributed by atoms with Crippen molar-refractivity contribution in [2.24, 2.45) is 5.73 Å². The predicted molar refractivity (Wildman–Crippen MR) is 82.5 cm³/mol. The van der Waals surface area contributed by atoms with Crippen LogP contribution < -0.4 is 10.6 Å². The minimum Gasteiger partial charge on any atom is -0.368 e. The first-order chi connectivity index (χ1) is 9.56. The first kappa shape index (κ1) is 15.3. The van der Waals surface area contributed by atoms with Crippen LogP contribution in [0.1, 0.15) is 38.8 Å². The van der Waals surface area contributed by atoms with E-state index in [0.717, 1.165) is 38.2 Å². The molecule has 1 aromatic carbocycles. The van der Waals surface area contributed by atoms with E-state index in [0.29, 0.717) is 11.7 Å². The summed E-state index contributed by atoms with van der Waals surface area (Å²) in [6.45, 7) is 10.2. The molecule has 1 saturated heterocycles. The van der Waals surface area contributed by atoms with Crippen LogP contribution in [-0.4, -0.2) is 37.1 Å². The lowest BCUT2D eigenvalue weighted by Crippen LogP contribution is -2.37. The Morgan fingerprint density at radius 2 is 2.10 bits per heavy atom. The molecule has 1 aliphatic rings. The first-order valence-corrected chi connectivity index (χ1v) is 7.60. The van der Waals surface area contributed by atoms with Gasteiger partial charge in [0.25, 0.3) is 0 Å². The molecular formula is C16H26FN3. The van der Waals surface area contributed by atoms with Gasteiger partial charge in [-0.3, -0.25) is 4.90 Å². The summed E-state index contributed by atoms with van der Waals surface area (Å²) >= 11 is 0. The molecule has 4 heteroatoms. The second-order valence-corrected chi connectivity index (χ2v) is 5.61. The van der Waals surface area contributed by atoms with E-state index in [-0.39, 0.29) is 11.9 Å². The lowest BCUT2D eigenvalue weighted by molar-refractivity contribution is 0.232. The summed E-state index contributed by atoms with van der Waals surface area (Å²) in [6.07, 6.45) is 1.11. The van der Waals surface area contributed by atoms with E-state index < -0.39 is 0 Å². The molecule has 2 atom stereocenters. The third-order valence-corrected chi connectivity index (χ3v) is 4.33. The number of nitrogens with two attached hydrogens (primary N) is 1. The third kappa shape index (κ3) is 3.13. The average Bonchev–Trinajstić information content (AvgIpc) is 2.89. The summed E-state index contributed by atoms with van der Waals surface area (Å²) in [6, 6.07) is 5.80. The van der Waals surface area contributed by atoms with Gasteiger partial charge in [0, 0.05) is 25.2 Å². The van der Waals surface area contributed by atoms with Crippen LogP contribution >= 0.6 is 0 Å². The Morgan fingerprint density at radius 3 is 2.65 bits per heavy atom. The van der Waals surface area contributed by atoms with E-state index in [2.05, 4.69) is 23.6 Å². The fourth-order valence-electron chi connectivity index (χ4n) is 3.06. The Balaban J connectivity index is 2.10. The molecule has 0 saturated carbocycles. The van der Waals surface area contributed by atoms with E-state index in [1.54, 1.807) is 6.07 Å². The highest BCUT2D eigenvalue weighted by molar-refractivity contribution is 5.50. The number of rotatable bonds is 5. The molecular weight excluding hydrogens is 253 g/mol. The topological polar surface area (TPSA) is 32.5 Å².